The normalized spacial score (nSPS) is 13.1. The average Bonchev–Trinajstić information content (AvgIpc) is 2.88. The lowest BCUT2D eigenvalue weighted by Gasteiger charge is -2.08. The molecule has 1 aliphatic rings. The van der Waals surface area contributed by atoms with Gasteiger partial charge < -0.3 is 5.32 Å². The lowest BCUT2D eigenvalue weighted by atomic mass is 10.2. The highest BCUT2D eigenvalue weighted by molar-refractivity contribution is 6.04. The summed E-state index contributed by atoms with van der Waals surface area (Å²) in [5.41, 5.74) is 2.27. The fourth-order valence-electron chi connectivity index (χ4n) is 2.28. The van der Waals surface area contributed by atoms with Gasteiger partial charge in [-0.25, -0.2) is 14.4 Å². The number of fused-ring (bicyclic) bond motifs is 1. The number of aryl methyl sites for hydroxylation is 1. The van der Waals surface area contributed by atoms with Gasteiger partial charge in [-0.1, -0.05) is 6.07 Å². The molecule has 1 aromatic carbocycles. The van der Waals surface area contributed by atoms with Crippen LogP contribution in [0.25, 0.3) is 0 Å². The predicted molar refractivity (Wildman–Crippen MR) is 68.4 cm³/mol. The van der Waals surface area contributed by atoms with E-state index < -0.39 is 5.82 Å². The first-order valence-corrected chi connectivity index (χ1v) is 6.14. The van der Waals surface area contributed by atoms with Gasteiger partial charge in [0.25, 0.3) is 5.91 Å². The van der Waals surface area contributed by atoms with Gasteiger partial charge in [-0.15, -0.1) is 0 Å². The van der Waals surface area contributed by atoms with Gasteiger partial charge in [0, 0.05) is 16.8 Å². The van der Waals surface area contributed by atoms with Gasteiger partial charge in [0.15, 0.2) is 0 Å². The fourth-order valence-corrected chi connectivity index (χ4v) is 2.28. The van der Waals surface area contributed by atoms with Crippen molar-refractivity contribution in [2.45, 2.75) is 19.3 Å². The highest BCUT2D eigenvalue weighted by Gasteiger charge is 2.18. The monoisotopic (exact) mass is 257 g/mol. The molecule has 0 radical (unpaired) electrons. The maximum absolute atomic E-state index is 13.1. The number of benzene rings is 1. The Bertz CT molecular complexity index is 642. The second-order valence-electron chi connectivity index (χ2n) is 4.47. The SMILES string of the molecule is O=C(Nc1ncnc2c1CCC2)c1cccc(F)c1. The van der Waals surface area contributed by atoms with Crippen LogP contribution < -0.4 is 5.32 Å². The van der Waals surface area contributed by atoms with E-state index in [1.165, 1.54) is 24.5 Å². The highest BCUT2D eigenvalue weighted by atomic mass is 19.1. The van der Waals surface area contributed by atoms with E-state index in [2.05, 4.69) is 15.3 Å². The van der Waals surface area contributed by atoms with Gasteiger partial charge in [0.1, 0.15) is 18.0 Å². The minimum Gasteiger partial charge on any atom is -0.306 e. The summed E-state index contributed by atoms with van der Waals surface area (Å²) in [4.78, 5) is 20.3. The molecule has 0 spiro atoms. The van der Waals surface area contributed by atoms with Crippen LogP contribution >= 0.6 is 0 Å². The van der Waals surface area contributed by atoms with Gasteiger partial charge in [-0.2, -0.15) is 0 Å². The van der Waals surface area contributed by atoms with Crippen LogP contribution in [0.2, 0.25) is 0 Å². The quantitative estimate of drug-likeness (QED) is 0.898. The van der Waals surface area contributed by atoms with E-state index in [4.69, 9.17) is 0 Å². The molecule has 1 heterocycles. The maximum atomic E-state index is 13.1. The highest BCUT2D eigenvalue weighted by Crippen LogP contribution is 2.25. The molecule has 19 heavy (non-hydrogen) atoms. The Labute approximate surface area is 109 Å². The molecule has 1 aliphatic carbocycles. The van der Waals surface area contributed by atoms with E-state index in [1.807, 2.05) is 0 Å². The maximum Gasteiger partial charge on any atom is 0.256 e. The summed E-state index contributed by atoms with van der Waals surface area (Å²) in [6, 6.07) is 5.59. The summed E-state index contributed by atoms with van der Waals surface area (Å²) in [6.07, 6.45) is 4.26. The van der Waals surface area contributed by atoms with Crippen LogP contribution in [0.1, 0.15) is 28.0 Å². The Morgan fingerprint density at radius 1 is 1.26 bits per heavy atom. The number of carbonyl (C=O) groups excluding carboxylic acids is 1. The van der Waals surface area contributed by atoms with E-state index >= 15 is 0 Å². The number of nitrogens with one attached hydrogen (secondary N) is 1. The third-order valence-corrected chi connectivity index (χ3v) is 3.19. The van der Waals surface area contributed by atoms with Crippen LogP contribution in [0.5, 0.6) is 0 Å². The molecule has 0 aliphatic heterocycles. The molecule has 0 saturated heterocycles. The number of amides is 1. The number of nitrogens with zero attached hydrogens (tertiary/aromatic N) is 2. The number of halogens is 1. The second kappa shape index (κ2) is 4.76. The Morgan fingerprint density at radius 2 is 2.16 bits per heavy atom. The van der Waals surface area contributed by atoms with Crippen molar-refractivity contribution >= 4 is 11.7 Å². The van der Waals surface area contributed by atoms with Gasteiger partial charge in [-0.05, 0) is 37.5 Å². The van der Waals surface area contributed by atoms with E-state index in [1.54, 1.807) is 6.07 Å². The number of hydrogen-bond donors (Lipinski definition) is 1. The zero-order valence-electron chi connectivity index (χ0n) is 10.2. The average molecular weight is 257 g/mol. The molecule has 1 aromatic heterocycles. The van der Waals surface area contributed by atoms with Crippen LogP contribution in [0.3, 0.4) is 0 Å². The molecule has 0 bridgehead atoms. The summed E-state index contributed by atoms with van der Waals surface area (Å²) in [6.45, 7) is 0. The zero-order valence-corrected chi connectivity index (χ0v) is 10.2. The van der Waals surface area contributed by atoms with Crippen molar-refractivity contribution in [2.24, 2.45) is 0 Å². The standard InChI is InChI=1S/C14H12FN3O/c15-10-4-1-3-9(7-10)14(19)18-13-11-5-2-6-12(11)16-8-17-13/h1,3-4,7-8H,2,5-6H2,(H,16,17,18,19). The van der Waals surface area contributed by atoms with E-state index in [-0.39, 0.29) is 11.5 Å². The lowest BCUT2D eigenvalue weighted by Crippen LogP contribution is -2.15. The second-order valence-corrected chi connectivity index (χ2v) is 4.47. The number of carbonyl (C=O) groups is 1. The predicted octanol–water partition coefficient (Wildman–Crippen LogP) is 2.36. The summed E-state index contributed by atoms with van der Waals surface area (Å²) in [7, 11) is 0. The van der Waals surface area contributed by atoms with Crippen molar-refractivity contribution in [1.82, 2.24) is 9.97 Å². The van der Waals surface area contributed by atoms with E-state index in [9.17, 15) is 9.18 Å². The molecule has 1 amide bonds. The lowest BCUT2D eigenvalue weighted by molar-refractivity contribution is 0.102. The van der Waals surface area contributed by atoms with Crippen LogP contribution in [-0.2, 0) is 12.8 Å². The number of aromatic nitrogens is 2. The molecule has 5 heteroatoms. The van der Waals surface area contributed by atoms with E-state index in [0.29, 0.717) is 5.82 Å². The molecular weight excluding hydrogens is 245 g/mol. The Balaban J connectivity index is 1.86. The first kappa shape index (κ1) is 11.8. The Morgan fingerprint density at radius 3 is 3.00 bits per heavy atom. The summed E-state index contributed by atoms with van der Waals surface area (Å²) >= 11 is 0. The third kappa shape index (κ3) is 2.31. The van der Waals surface area contributed by atoms with Crippen LogP contribution in [0.15, 0.2) is 30.6 Å². The molecule has 0 atom stereocenters. The summed E-state index contributed by atoms with van der Waals surface area (Å²) in [5, 5.41) is 2.73. The molecule has 2 aromatic rings. The minimum atomic E-state index is -0.430. The molecule has 4 nitrogen and oxygen atoms in total. The topological polar surface area (TPSA) is 54.9 Å². The molecule has 96 valence electrons. The number of anilines is 1. The van der Waals surface area contributed by atoms with E-state index in [0.717, 1.165) is 30.5 Å². The largest absolute Gasteiger partial charge is 0.306 e. The zero-order chi connectivity index (χ0) is 13.2. The van der Waals surface area contributed by atoms with Crippen LogP contribution in [0.4, 0.5) is 10.2 Å². The Kier molecular flexibility index (Phi) is 2.95. The fraction of sp³-hybridized carbons (Fsp3) is 0.214. The van der Waals surface area contributed by atoms with Crippen LogP contribution in [-0.4, -0.2) is 15.9 Å². The number of rotatable bonds is 2. The molecule has 1 N–H and O–H groups in total. The molecule has 0 unspecified atom stereocenters. The third-order valence-electron chi connectivity index (χ3n) is 3.19. The van der Waals surface area contributed by atoms with Crippen molar-refractivity contribution in [3.63, 3.8) is 0 Å². The minimum absolute atomic E-state index is 0.283. The summed E-state index contributed by atoms with van der Waals surface area (Å²) < 4.78 is 13.1. The molecule has 0 saturated carbocycles. The first-order valence-electron chi connectivity index (χ1n) is 6.14. The molecular formula is C14H12FN3O. The van der Waals surface area contributed by atoms with Gasteiger partial charge >= 0.3 is 0 Å². The summed E-state index contributed by atoms with van der Waals surface area (Å²) in [5.74, 6) is -0.246. The van der Waals surface area contributed by atoms with Gasteiger partial charge in [-0.3, -0.25) is 4.79 Å². The number of hydrogen-bond acceptors (Lipinski definition) is 3. The first-order chi connectivity index (χ1) is 9.24. The van der Waals surface area contributed by atoms with Gasteiger partial charge in [0.2, 0.25) is 0 Å². The van der Waals surface area contributed by atoms with Crippen molar-refractivity contribution in [3.05, 3.63) is 53.2 Å². The van der Waals surface area contributed by atoms with Crippen molar-refractivity contribution in [2.75, 3.05) is 5.32 Å². The molecule has 3 rings (SSSR count). The molecule has 0 fully saturated rings. The van der Waals surface area contributed by atoms with Crippen molar-refractivity contribution in [3.8, 4) is 0 Å². The van der Waals surface area contributed by atoms with Crippen LogP contribution in [0, 0.1) is 5.82 Å². The Hall–Kier alpha value is -2.30. The van der Waals surface area contributed by atoms with Crippen molar-refractivity contribution < 1.29 is 9.18 Å². The smallest absolute Gasteiger partial charge is 0.256 e. The van der Waals surface area contributed by atoms with Crippen molar-refractivity contribution in [1.29, 1.82) is 0 Å². The van der Waals surface area contributed by atoms with Gasteiger partial charge in [0.05, 0.1) is 0 Å².